The predicted molar refractivity (Wildman–Crippen MR) is 107 cm³/mol. The third kappa shape index (κ3) is 4.22. The Bertz CT molecular complexity index is 1010. The van der Waals surface area contributed by atoms with Crippen molar-refractivity contribution in [3.8, 4) is 0 Å². The molecule has 0 spiro atoms. The third-order valence-corrected chi connectivity index (χ3v) is 4.62. The number of fused-ring (bicyclic) bond motifs is 1. The molecule has 1 N–H and O–H groups in total. The van der Waals surface area contributed by atoms with Crippen LogP contribution in [0.5, 0.6) is 0 Å². The normalized spacial score (nSPS) is 12.2. The molecule has 0 bridgehead atoms. The first kappa shape index (κ1) is 19.6. The first-order valence-corrected chi connectivity index (χ1v) is 9.30. The summed E-state index contributed by atoms with van der Waals surface area (Å²) in [5, 5.41) is 7.59. The molecule has 1 aromatic heterocycles. The van der Waals surface area contributed by atoms with Crippen LogP contribution >= 0.6 is 0 Å². The Balaban J connectivity index is 1.65. The molecule has 0 saturated heterocycles. The van der Waals surface area contributed by atoms with E-state index >= 15 is 0 Å². The zero-order valence-electron chi connectivity index (χ0n) is 16.5. The lowest BCUT2D eigenvalue weighted by Crippen LogP contribution is -2.31. The maximum atomic E-state index is 12.6. The van der Waals surface area contributed by atoms with Crippen LogP contribution in [0.2, 0.25) is 0 Å². The fourth-order valence-electron chi connectivity index (χ4n) is 3.06. The van der Waals surface area contributed by atoms with Crippen molar-refractivity contribution in [2.75, 3.05) is 5.32 Å². The topological polar surface area (TPSA) is 81.4 Å². The second-order valence-corrected chi connectivity index (χ2v) is 7.12. The van der Waals surface area contributed by atoms with E-state index in [1.54, 1.807) is 13.0 Å². The van der Waals surface area contributed by atoms with Gasteiger partial charge in [0.25, 0.3) is 5.91 Å². The molecule has 1 atom stereocenters. The molecule has 0 aliphatic carbocycles. The lowest BCUT2D eigenvalue weighted by Gasteiger charge is -2.19. The summed E-state index contributed by atoms with van der Waals surface area (Å²) in [6, 6.07) is 13.2. The van der Waals surface area contributed by atoms with E-state index in [0.29, 0.717) is 11.3 Å². The molecule has 6 nitrogen and oxygen atoms in total. The summed E-state index contributed by atoms with van der Waals surface area (Å²) in [6.45, 7) is 7.63. The number of amides is 1. The van der Waals surface area contributed by atoms with Crippen LogP contribution in [0.25, 0.3) is 11.0 Å². The highest BCUT2D eigenvalue weighted by Gasteiger charge is 2.22. The highest BCUT2D eigenvalue weighted by atomic mass is 16.5. The second-order valence-electron chi connectivity index (χ2n) is 7.12. The van der Waals surface area contributed by atoms with Crippen LogP contribution in [-0.2, 0) is 20.7 Å². The van der Waals surface area contributed by atoms with Crippen LogP contribution in [-0.4, -0.2) is 23.1 Å². The minimum Gasteiger partial charge on any atom is -0.452 e. The van der Waals surface area contributed by atoms with E-state index in [4.69, 9.17) is 9.26 Å². The van der Waals surface area contributed by atoms with Crippen LogP contribution in [0.1, 0.15) is 43.5 Å². The lowest BCUT2D eigenvalue weighted by molar-refractivity contribution is -0.152. The molecule has 0 aliphatic heterocycles. The third-order valence-electron chi connectivity index (χ3n) is 4.62. The van der Waals surface area contributed by atoms with Crippen LogP contribution in [0.15, 0.2) is 47.0 Å². The molecule has 2 aromatic carbocycles. The van der Waals surface area contributed by atoms with E-state index in [-0.39, 0.29) is 18.2 Å². The number of esters is 1. The SMILES string of the molecule is Cc1cccc(C(C)C)c1NC(=O)[C@@H](C)OC(=O)Cc1noc2ccccc12. The molecule has 28 heavy (non-hydrogen) atoms. The highest BCUT2D eigenvalue weighted by molar-refractivity contribution is 5.96. The smallest absolute Gasteiger partial charge is 0.312 e. The Morgan fingerprint density at radius 1 is 1.11 bits per heavy atom. The number of hydrogen-bond donors (Lipinski definition) is 1. The predicted octanol–water partition coefficient (Wildman–Crippen LogP) is 4.37. The van der Waals surface area contributed by atoms with Gasteiger partial charge >= 0.3 is 5.97 Å². The Hall–Kier alpha value is -3.15. The number of nitrogens with one attached hydrogen (secondary N) is 1. The molecule has 1 amide bonds. The number of benzene rings is 2. The van der Waals surface area contributed by atoms with Crippen LogP contribution in [0, 0.1) is 6.92 Å². The molecule has 146 valence electrons. The largest absolute Gasteiger partial charge is 0.452 e. The number of hydrogen-bond acceptors (Lipinski definition) is 5. The number of rotatable bonds is 6. The highest BCUT2D eigenvalue weighted by Crippen LogP contribution is 2.27. The molecule has 0 unspecified atom stereocenters. The van der Waals surface area contributed by atoms with Crippen molar-refractivity contribution in [2.45, 2.75) is 46.1 Å². The number of aromatic nitrogens is 1. The maximum absolute atomic E-state index is 12.6. The number of ether oxygens (including phenoxy) is 1. The summed E-state index contributed by atoms with van der Waals surface area (Å²) in [4.78, 5) is 24.8. The average molecular weight is 380 g/mol. The van der Waals surface area contributed by atoms with Gasteiger partial charge in [-0.3, -0.25) is 9.59 Å². The van der Waals surface area contributed by atoms with Gasteiger partial charge in [-0.2, -0.15) is 0 Å². The first-order chi connectivity index (χ1) is 13.4. The van der Waals surface area contributed by atoms with Gasteiger partial charge in [-0.25, -0.2) is 0 Å². The van der Waals surface area contributed by atoms with Crippen LogP contribution in [0.3, 0.4) is 0 Å². The summed E-state index contributed by atoms with van der Waals surface area (Å²) < 4.78 is 10.5. The van der Waals surface area contributed by atoms with Gasteiger partial charge in [0.05, 0.1) is 6.42 Å². The Morgan fingerprint density at radius 3 is 2.61 bits per heavy atom. The van der Waals surface area contributed by atoms with Crippen molar-refractivity contribution >= 4 is 28.5 Å². The number of anilines is 1. The van der Waals surface area contributed by atoms with Crippen molar-refractivity contribution < 1.29 is 18.8 Å². The zero-order chi connectivity index (χ0) is 20.3. The minimum atomic E-state index is -0.926. The zero-order valence-corrected chi connectivity index (χ0v) is 16.5. The standard InChI is InChI=1S/C22H24N2O4/c1-13(2)16-10-7-8-14(3)21(16)23-22(26)15(4)27-20(25)12-18-17-9-5-6-11-19(17)28-24-18/h5-11,13,15H,12H2,1-4H3,(H,23,26)/t15-/m1/s1. The molecule has 1 heterocycles. The molecule has 3 aromatic rings. The van der Waals surface area contributed by atoms with Crippen molar-refractivity contribution in [3.63, 3.8) is 0 Å². The number of carbonyl (C=O) groups excluding carboxylic acids is 2. The summed E-state index contributed by atoms with van der Waals surface area (Å²) >= 11 is 0. The van der Waals surface area contributed by atoms with Crippen molar-refractivity contribution in [1.82, 2.24) is 5.16 Å². The minimum absolute atomic E-state index is 0.0593. The number of aryl methyl sites for hydroxylation is 1. The van der Waals surface area contributed by atoms with Crippen LogP contribution < -0.4 is 5.32 Å². The van der Waals surface area contributed by atoms with E-state index in [9.17, 15) is 9.59 Å². The van der Waals surface area contributed by atoms with Gasteiger partial charge in [-0.05, 0) is 43.0 Å². The Morgan fingerprint density at radius 2 is 1.86 bits per heavy atom. The molecule has 0 fully saturated rings. The van der Waals surface area contributed by atoms with Gasteiger partial charge in [-0.1, -0.05) is 49.3 Å². The van der Waals surface area contributed by atoms with E-state index in [0.717, 1.165) is 22.2 Å². The van der Waals surface area contributed by atoms with Crippen molar-refractivity contribution in [2.24, 2.45) is 0 Å². The number of carbonyl (C=O) groups is 2. The first-order valence-electron chi connectivity index (χ1n) is 9.30. The lowest BCUT2D eigenvalue weighted by atomic mass is 9.98. The Labute approximate surface area is 163 Å². The summed E-state index contributed by atoms with van der Waals surface area (Å²) in [7, 11) is 0. The quantitative estimate of drug-likeness (QED) is 0.642. The van der Waals surface area contributed by atoms with E-state index < -0.39 is 12.1 Å². The number of para-hydroxylation sites is 2. The van der Waals surface area contributed by atoms with Gasteiger partial charge in [0, 0.05) is 11.1 Å². The van der Waals surface area contributed by atoms with Gasteiger partial charge < -0.3 is 14.6 Å². The monoisotopic (exact) mass is 380 g/mol. The summed E-state index contributed by atoms with van der Waals surface area (Å²) in [5.41, 5.74) is 3.88. The second kappa shape index (κ2) is 8.25. The molecule has 0 aliphatic rings. The fourth-order valence-corrected chi connectivity index (χ4v) is 3.06. The van der Waals surface area contributed by atoms with Crippen LogP contribution in [0.4, 0.5) is 5.69 Å². The molecular weight excluding hydrogens is 356 g/mol. The van der Waals surface area contributed by atoms with Gasteiger partial charge in [0.15, 0.2) is 11.7 Å². The van der Waals surface area contributed by atoms with E-state index in [2.05, 4.69) is 24.3 Å². The van der Waals surface area contributed by atoms with Gasteiger partial charge in [-0.15, -0.1) is 0 Å². The van der Waals surface area contributed by atoms with Crippen molar-refractivity contribution in [1.29, 1.82) is 0 Å². The molecular formula is C22H24N2O4. The van der Waals surface area contributed by atoms with Gasteiger partial charge in [0.2, 0.25) is 0 Å². The molecule has 3 rings (SSSR count). The van der Waals surface area contributed by atoms with E-state index in [1.165, 1.54) is 0 Å². The van der Waals surface area contributed by atoms with E-state index in [1.807, 2.05) is 43.3 Å². The number of nitrogens with zero attached hydrogens (tertiary/aromatic N) is 1. The molecule has 0 saturated carbocycles. The fraction of sp³-hybridized carbons (Fsp3) is 0.318. The summed E-state index contributed by atoms with van der Waals surface area (Å²) in [6.07, 6.45) is -0.985. The summed E-state index contributed by atoms with van der Waals surface area (Å²) in [5.74, 6) is -0.640. The Kier molecular flexibility index (Phi) is 5.78. The van der Waals surface area contributed by atoms with Crippen molar-refractivity contribution in [3.05, 3.63) is 59.3 Å². The molecule has 0 radical (unpaired) electrons. The van der Waals surface area contributed by atoms with Gasteiger partial charge in [0.1, 0.15) is 5.69 Å². The molecule has 6 heteroatoms. The maximum Gasteiger partial charge on any atom is 0.312 e. The average Bonchev–Trinajstić information content (AvgIpc) is 3.06.